The largest absolute Gasteiger partial charge is 0.444 e. The van der Waals surface area contributed by atoms with Crippen molar-refractivity contribution in [1.82, 2.24) is 9.80 Å². The number of rotatable bonds is 2. The minimum atomic E-state index is -0.524. The molecule has 0 aliphatic carbocycles. The fraction of sp³-hybridized carbons (Fsp3) is 0.882. The van der Waals surface area contributed by atoms with E-state index in [0.717, 1.165) is 25.9 Å². The highest BCUT2D eigenvalue weighted by molar-refractivity contribution is 5.87. The first-order valence-electron chi connectivity index (χ1n) is 8.32. The molecule has 0 N–H and O–H groups in total. The molecule has 0 aromatic heterocycles. The number of hydrogen-bond acceptors (Lipinski definition) is 3. The molecule has 2 saturated heterocycles. The number of ether oxygens (including phenoxy) is 1. The van der Waals surface area contributed by atoms with Gasteiger partial charge in [-0.1, -0.05) is 20.8 Å². The minimum Gasteiger partial charge on any atom is -0.444 e. The second-order valence-electron chi connectivity index (χ2n) is 8.30. The molecule has 0 radical (unpaired) electrons. The molecular weight excluding hydrogens is 280 g/mol. The van der Waals surface area contributed by atoms with Crippen LogP contribution >= 0.6 is 0 Å². The molecule has 0 saturated carbocycles. The van der Waals surface area contributed by atoms with Crippen molar-refractivity contribution in [2.75, 3.05) is 19.6 Å². The topological polar surface area (TPSA) is 49.9 Å². The fourth-order valence-electron chi connectivity index (χ4n) is 3.04. The third-order valence-electron chi connectivity index (χ3n) is 5.14. The monoisotopic (exact) mass is 310 g/mol. The summed E-state index contributed by atoms with van der Waals surface area (Å²) >= 11 is 0. The molecule has 2 atom stereocenters. The molecule has 0 aromatic carbocycles. The zero-order valence-corrected chi connectivity index (χ0v) is 14.8. The second-order valence-corrected chi connectivity index (χ2v) is 8.30. The van der Waals surface area contributed by atoms with Crippen molar-refractivity contribution >= 4 is 12.0 Å². The van der Waals surface area contributed by atoms with Crippen LogP contribution < -0.4 is 0 Å². The van der Waals surface area contributed by atoms with Gasteiger partial charge in [-0.25, -0.2) is 4.79 Å². The minimum absolute atomic E-state index is 0.0847. The average molecular weight is 310 g/mol. The molecular formula is C17H30N2O3. The van der Waals surface area contributed by atoms with Crippen LogP contribution in [0.15, 0.2) is 0 Å². The molecule has 0 unspecified atom stereocenters. The number of nitrogens with zero attached hydrogens (tertiary/aromatic N) is 2. The Labute approximate surface area is 134 Å². The fourth-order valence-corrected chi connectivity index (χ4v) is 3.04. The Hall–Kier alpha value is -1.26. The lowest BCUT2D eigenvalue weighted by atomic mass is 9.78. The summed E-state index contributed by atoms with van der Waals surface area (Å²) in [6.45, 7) is 14.4. The van der Waals surface area contributed by atoms with E-state index in [1.165, 1.54) is 0 Å². The van der Waals surface area contributed by atoms with E-state index >= 15 is 0 Å². The van der Waals surface area contributed by atoms with Gasteiger partial charge in [0.2, 0.25) is 5.91 Å². The van der Waals surface area contributed by atoms with Crippen molar-refractivity contribution < 1.29 is 14.3 Å². The standard InChI is InChI=1S/C17H30N2O3/c1-12(2)17(6)8-10-18(11-17)14(20)13-7-9-19(13)15(21)22-16(3,4)5/h12-13H,7-11H2,1-6H3/t13-,17+/m0/s1. The van der Waals surface area contributed by atoms with Gasteiger partial charge in [-0.3, -0.25) is 9.69 Å². The lowest BCUT2D eigenvalue weighted by molar-refractivity contribution is -0.140. The smallest absolute Gasteiger partial charge is 0.410 e. The maximum absolute atomic E-state index is 12.7. The summed E-state index contributed by atoms with van der Waals surface area (Å²) in [5.74, 6) is 0.634. The van der Waals surface area contributed by atoms with Crippen LogP contribution in [0.2, 0.25) is 0 Å². The zero-order chi connectivity index (χ0) is 16.7. The third-order valence-corrected chi connectivity index (χ3v) is 5.14. The summed E-state index contributed by atoms with van der Waals surface area (Å²) in [4.78, 5) is 28.3. The summed E-state index contributed by atoms with van der Waals surface area (Å²) in [5, 5.41) is 0. The summed E-state index contributed by atoms with van der Waals surface area (Å²) in [7, 11) is 0. The predicted molar refractivity (Wildman–Crippen MR) is 85.5 cm³/mol. The van der Waals surface area contributed by atoms with Crippen molar-refractivity contribution in [2.24, 2.45) is 11.3 Å². The van der Waals surface area contributed by atoms with Gasteiger partial charge in [0.05, 0.1) is 0 Å². The summed E-state index contributed by atoms with van der Waals surface area (Å²) in [5.41, 5.74) is -0.333. The van der Waals surface area contributed by atoms with Gasteiger partial charge >= 0.3 is 6.09 Å². The number of carbonyl (C=O) groups excluding carboxylic acids is 2. The lowest BCUT2D eigenvalue weighted by Crippen LogP contribution is -2.59. The van der Waals surface area contributed by atoms with Crippen LogP contribution in [0.25, 0.3) is 0 Å². The molecule has 2 fully saturated rings. The first-order chi connectivity index (χ1) is 10.0. The highest BCUT2D eigenvalue weighted by atomic mass is 16.6. The van der Waals surface area contributed by atoms with E-state index in [4.69, 9.17) is 4.74 Å². The normalized spacial score (nSPS) is 28.8. The maximum Gasteiger partial charge on any atom is 0.410 e. The Balaban J connectivity index is 1.95. The number of carbonyl (C=O) groups is 2. The van der Waals surface area contributed by atoms with E-state index < -0.39 is 5.60 Å². The quantitative estimate of drug-likeness (QED) is 0.788. The van der Waals surface area contributed by atoms with E-state index in [0.29, 0.717) is 12.5 Å². The van der Waals surface area contributed by atoms with E-state index in [9.17, 15) is 9.59 Å². The molecule has 22 heavy (non-hydrogen) atoms. The Morgan fingerprint density at radius 3 is 2.27 bits per heavy atom. The SMILES string of the molecule is CC(C)[C@]1(C)CCN(C(=O)[C@@H]2CCN2C(=O)OC(C)(C)C)C1. The van der Waals surface area contributed by atoms with Gasteiger partial charge in [-0.05, 0) is 44.9 Å². The van der Waals surface area contributed by atoms with Crippen LogP contribution in [-0.2, 0) is 9.53 Å². The molecule has 2 amide bonds. The van der Waals surface area contributed by atoms with E-state index in [-0.39, 0.29) is 23.5 Å². The molecule has 126 valence electrons. The molecule has 0 spiro atoms. The summed E-state index contributed by atoms with van der Waals surface area (Å²) in [6, 6.07) is -0.329. The van der Waals surface area contributed by atoms with Crippen molar-refractivity contribution in [3.63, 3.8) is 0 Å². The predicted octanol–water partition coefficient (Wildman–Crippen LogP) is 2.89. The molecule has 5 heteroatoms. The Morgan fingerprint density at radius 2 is 1.86 bits per heavy atom. The lowest BCUT2D eigenvalue weighted by Gasteiger charge is -2.42. The average Bonchev–Trinajstić information content (AvgIpc) is 2.69. The first kappa shape index (κ1) is 17.1. The van der Waals surface area contributed by atoms with Gasteiger partial charge in [-0.15, -0.1) is 0 Å². The van der Waals surface area contributed by atoms with Crippen LogP contribution in [0.4, 0.5) is 4.79 Å². The molecule has 2 aliphatic heterocycles. The number of likely N-dealkylation sites (tertiary alicyclic amines) is 2. The van der Waals surface area contributed by atoms with E-state index in [2.05, 4.69) is 20.8 Å². The second kappa shape index (κ2) is 5.74. The number of amides is 2. The van der Waals surface area contributed by atoms with Gasteiger partial charge in [0, 0.05) is 19.6 Å². The van der Waals surface area contributed by atoms with Crippen molar-refractivity contribution in [3.05, 3.63) is 0 Å². The van der Waals surface area contributed by atoms with Gasteiger partial charge in [0.15, 0.2) is 0 Å². The summed E-state index contributed by atoms with van der Waals surface area (Å²) in [6.07, 6.45) is 1.41. The van der Waals surface area contributed by atoms with E-state index in [1.54, 1.807) is 4.90 Å². The number of hydrogen-bond donors (Lipinski definition) is 0. The molecule has 0 bridgehead atoms. The van der Waals surface area contributed by atoms with Gasteiger partial charge < -0.3 is 9.64 Å². The zero-order valence-electron chi connectivity index (χ0n) is 14.8. The molecule has 5 nitrogen and oxygen atoms in total. The van der Waals surface area contributed by atoms with Gasteiger partial charge in [0.25, 0.3) is 0 Å². The van der Waals surface area contributed by atoms with Crippen molar-refractivity contribution in [3.8, 4) is 0 Å². The van der Waals surface area contributed by atoms with Crippen LogP contribution in [0.5, 0.6) is 0 Å². The highest BCUT2D eigenvalue weighted by Gasteiger charge is 2.45. The first-order valence-corrected chi connectivity index (χ1v) is 8.32. The Bertz CT molecular complexity index is 455. The molecule has 0 aromatic rings. The van der Waals surface area contributed by atoms with E-state index in [1.807, 2.05) is 25.7 Å². The van der Waals surface area contributed by atoms with Crippen molar-refractivity contribution in [2.45, 2.75) is 66.0 Å². The molecule has 2 aliphatic rings. The highest BCUT2D eigenvalue weighted by Crippen LogP contribution is 2.38. The summed E-state index contributed by atoms with van der Waals surface area (Å²) < 4.78 is 5.38. The van der Waals surface area contributed by atoms with Crippen LogP contribution in [0.3, 0.4) is 0 Å². The van der Waals surface area contributed by atoms with Crippen molar-refractivity contribution in [1.29, 1.82) is 0 Å². The Morgan fingerprint density at radius 1 is 1.23 bits per heavy atom. The maximum atomic E-state index is 12.7. The van der Waals surface area contributed by atoms with Crippen LogP contribution in [0.1, 0.15) is 54.4 Å². The van der Waals surface area contributed by atoms with Crippen LogP contribution in [0, 0.1) is 11.3 Å². The van der Waals surface area contributed by atoms with Gasteiger partial charge in [-0.2, -0.15) is 0 Å². The van der Waals surface area contributed by atoms with Gasteiger partial charge in [0.1, 0.15) is 11.6 Å². The Kier molecular flexibility index (Phi) is 4.46. The molecule has 2 heterocycles. The third kappa shape index (κ3) is 3.39. The molecule has 2 rings (SSSR count). The van der Waals surface area contributed by atoms with Crippen LogP contribution in [-0.4, -0.2) is 53.1 Å².